The largest absolute Gasteiger partial charge is 0.346 e. The third-order valence-corrected chi connectivity index (χ3v) is 4.10. The molecule has 1 unspecified atom stereocenters. The van der Waals surface area contributed by atoms with Gasteiger partial charge in [-0.15, -0.1) is 0 Å². The molecule has 0 N–H and O–H groups in total. The molecule has 1 aliphatic heterocycles. The maximum atomic E-state index is 11.3. The minimum atomic E-state index is -3.76. The number of hydrogen-bond acceptors (Lipinski definition) is 8. The van der Waals surface area contributed by atoms with Crippen molar-refractivity contribution in [1.82, 2.24) is 0 Å². The van der Waals surface area contributed by atoms with Crippen LogP contribution in [0, 0.1) is 0 Å². The molecule has 0 aliphatic carbocycles. The molecule has 0 radical (unpaired) electrons. The Morgan fingerprint density at radius 1 is 1.09 bits per heavy atom. The van der Waals surface area contributed by atoms with E-state index in [9.17, 15) is 16.8 Å². The van der Waals surface area contributed by atoms with Gasteiger partial charge in [0, 0.05) is 5.56 Å². The number of ether oxygens (including phenoxy) is 2. The van der Waals surface area contributed by atoms with Crippen LogP contribution in [0.5, 0.6) is 0 Å². The molecule has 0 aromatic heterocycles. The van der Waals surface area contributed by atoms with E-state index in [4.69, 9.17) is 17.8 Å². The van der Waals surface area contributed by atoms with Crippen LogP contribution >= 0.6 is 0 Å². The third kappa shape index (κ3) is 6.16. The maximum absolute atomic E-state index is 11.3. The Morgan fingerprint density at radius 2 is 1.74 bits per heavy atom. The monoisotopic (exact) mass is 366 g/mol. The zero-order chi connectivity index (χ0) is 17.1. The van der Waals surface area contributed by atoms with E-state index in [1.165, 1.54) is 0 Å². The molecule has 1 heterocycles. The van der Waals surface area contributed by atoms with Crippen LogP contribution in [0.15, 0.2) is 30.3 Å². The van der Waals surface area contributed by atoms with Gasteiger partial charge in [0.15, 0.2) is 6.29 Å². The Balaban J connectivity index is 2.13. The van der Waals surface area contributed by atoms with Crippen LogP contribution in [-0.4, -0.2) is 54.8 Å². The minimum absolute atomic E-state index is 0.0789. The molecular formula is C13H18O8S2. The standard InChI is InChI=1S/C13H18O8S2/c1-22(14,15)19-9-11-12(21-23(2,16)17)8-18-13(20-11)10-6-4-3-5-7-10/h3-7,11-13H,8-9H2,1-2H3/t11-,12+,13?/m0/s1. The van der Waals surface area contributed by atoms with Crippen molar-refractivity contribution in [3.63, 3.8) is 0 Å². The van der Waals surface area contributed by atoms with Gasteiger partial charge in [-0.25, -0.2) is 0 Å². The van der Waals surface area contributed by atoms with Gasteiger partial charge in [-0.1, -0.05) is 30.3 Å². The average molecular weight is 366 g/mol. The van der Waals surface area contributed by atoms with Crippen molar-refractivity contribution in [2.24, 2.45) is 0 Å². The van der Waals surface area contributed by atoms with Crippen LogP contribution in [0.4, 0.5) is 0 Å². The van der Waals surface area contributed by atoms with Crippen molar-refractivity contribution >= 4 is 20.2 Å². The van der Waals surface area contributed by atoms with Crippen LogP contribution < -0.4 is 0 Å². The van der Waals surface area contributed by atoms with Gasteiger partial charge in [-0.05, 0) is 0 Å². The fourth-order valence-corrected chi connectivity index (χ4v) is 3.02. The lowest BCUT2D eigenvalue weighted by Crippen LogP contribution is -2.45. The van der Waals surface area contributed by atoms with E-state index >= 15 is 0 Å². The summed E-state index contributed by atoms with van der Waals surface area (Å²) in [5.74, 6) is 0. The summed E-state index contributed by atoms with van der Waals surface area (Å²) >= 11 is 0. The summed E-state index contributed by atoms with van der Waals surface area (Å²) < 4.78 is 65.6. The highest BCUT2D eigenvalue weighted by atomic mass is 32.2. The molecular weight excluding hydrogens is 348 g/mol. The maximum Gasteiger partial charge on any atom is 0.264 e. The molecule has 0 spiro atoms. The lowest BCUT2D eigenvalue weighted by molar-refractivity contribution is -0.255. The summed E-state index contributed by atoms with van der Waals surface area (Å²) in [7, 11) is -7.46. The Hall–Kier alpha value is -1.04. The molecule has 10 heteroatoms. The van der Waals surface area contributed by atoms with Crippen molar-refractivity contribution < 1.29 is 34.7 Å². The Morgan fingerprint density at radius 3 is 2.30 bits per heavy atom. The summed E-state index contributed by atoms with van der Waals surface area (Å²) in [4.78, 5) is 0. The summed E-state index contributed by atoms with van der Waals surface area (Å²) in [6.45, 7) is -0.448. The second-order valence-corrected chi connectivity index (χ2v) is 8.32. The molecule has 0 amide bonds. The molecule has 1 aromatic carbocycles. The normalized spacial score (nSPS) is 26.1. The lowest BCUT2D eigenvalue weighted by Gasteiger charge is -2.35. The quantitative estimate of drug-likeness (QED) is 0.667. The second kappa shape index (κ2) is 7.24. The van der Waals surface area contributed by atoms with Crippen LogP contribution in [0.2, 0.25) is 0 Å². The minimum Gasteiger partial charge on any atom is -0.346 e. The second-order valence-electron chi connectivity index (χ2n) is 5.08. The lowest BCUT2D eigenvalue weighted by atomic mass is 10.1. The SMILES string of the molecule is CS(=O)(=O)OC[C@@H]1OC(c2ccccc2)OC[C@H]1OS(C)(=O)=O. The van der Waals surface area contributed by atoms with E-state index in [0.717, 1.165) is 18.1 Å². The summed E-state index contributed by atoms with van der Waals surface area (Å²) in [6, 6.07) is 8.96. The zero-order valence-corrected chi connectivity index (χ0v) is 14.2. The first-order chi connectivity index (χ1) is 10.6. The van der Waals surface area contributed by atoms with Crippen LogP contribution in [0.3, 0.4) is 0 Å². The first-order valence-corrected chi connectivity index (χ1v) is 10.3. The van der Waals surface area contributed by atoms with Crippen molar-refractivity contribution in [3.05, 3.63) is 35.9 Å². The highest BCUT2D eigenvalue weighted by molar-refractivity contribution is 7.86. The van der Waals surface area contributed by atoms with Crippen LogP contribution in [0.25, 0.3) is 0 Å². The van der Waals surface area contributed by atoms with Crippen molar-refractivity contribution in [2.75, 3.05) is 25.7 Å². The van der Waals surface area contributed by atoms with Crippen LogP contribution in [-0.2, 0) is 38.1 Å². The summed E-state index contributed by atoms with van der Waals surface area (Å²) in [6.07, 6.45) is -0.882. The predicted octanol–water partition coefficient (Wildman–Crippen LogP) is 0.422. The topological polar surface area (TPSA) is 105 Å². The molecule has 0 saturated carbocycles. The Bertz CT molecular complexity index is 714. The van der Waals surface area contributed by atoms with Gasteiger partial charge in [0.1, 0.15) is 12.2 Å². The Labute approximate surface area is 135 Å². The van der Waals surface area contributed by atoms with E-state index < -0.39 is 38.7 Å². The first kappa shape index (κ1) is 18.3. The van der Waals surface area contributed by atoms with E-state index in [0.29, 0.717) is 0 Å². The van der Waals surface area contributed by atoms with E-state index in [1.807, 2.05) is 6.07 Å². The molecule has 23 heavy (non-hydrogen) atoms. The first-order valence-electron chi connectivity index (χ1n) is 6.69. The smallest absolute Gasteiger partial charge is 0.264 e. The number of hydrogen-bond donors (Lipinski definition) is 0. The molecule has 2 rings (SSSR count). The molecule has 1 fully saturated rings. The van der Waals surface area contributed by atoms with Crippen molar-refractivity contribution in [2.45, 2.75) is 18.5 Å². The summed E-state index contributed by atoms with van der Waals surface area (Å²) in [5.41, 5.74) is 0.717. The summed E-state index contributed by atoms with van der Waals surface area (Å²) in [5, 5.41) is 0. The molecule has 1 aromatic rings. The number of rotatable bonds is 6. The van der Waals surface area contributed by atoms with Gasteiger partial charge in [0.2, 0.25) is 0 Å². The molecule has 3 atom stereocenters. The fraction of sp³-hybridized carbons (Fsp3) is 0.538. The van der Waals surface area contributed by atoms with Crippen molar-refractivity contribution in [1.29, 1.82) is 0 Å². The molecule has 130 valence electrons. The third-order valence-electron chi connectivity index (χ3n) is 2.94. The van der Waals surface area contributed by atoms with E-state index in [1.54, 1.807) is 24.3 Å². The van der Waals surface area contributed by atoms with Gasteiger partial charge in [-0.3, -0.25) is 8.37 Å². The van der Waals surface area contributed by atoms with Crippen molar-refractivity contribution in [3.8, 4) is 0 Å². The fourth-order valence-electron chi connectivity index (χ4n) is 2.01. The predicted molar refractivity (Wildman–Crippen MR) is 80.5 cm³/mol. The van der Waals surface area contributed by atoms with E-state index in [-0.39, 0.29) is 13.2 Å². The zero-order valence-electron chi connectivity index (χ0n) is 12.6. The van der Waals surface area contributed by atoms with Crippen LogP contribution in [0.1, 0.15) is 11.9 Å². The molecule has 8 nitrogen and oxygen atoms in total. The van der Waals surface area contributed by atoms with E-state index in [2.05, 4.69) is 0 Å². The van der Waals surface area contributed by atoms with Gasteiger partial charge >= 0.3 is 0 Å². The molecule has 0 bridgehead atoms. The molecule has 1 saturated heterocycles. The van der Waals surface area contributed by atoms with Gasteiger partial charge in [-0.2, -0.15) is 16.8 Å². The number of benzene rings is 1. The Kier molecular flexibility index (Phi) is 5.76. The highest BCUT2D eigenvalue weighted by Crippen LogP contribution is 2.28. The van der Waals surface area contributed by atoms with Gasteiger partial charge in [0.25, 0.3) is 20.2 Å². The van der Waals surface area contributed by atoms with Gasteiger partial charge < -0.3 is 9.47 Å². The highest BCUT2D eigenvalue weighted by Gasteiger charge is 2.36. The average Bonchev–Trinajstić information content (AvgIpc) is 2.45. The molecule has 1 aliphatic rings. The van der Waals surface area contributed by atoms with Gasteiger partial charge in [0.05, 0.1) is 25.7 Å².